The Labute approximate surface area is 96.1 Å². The average Bonchev–Trinajstić information content (AvgIpc) is 2.61. The lowest BCUT2D eigenvalue weighted by atomic mass is 10.3. The van der Waals surface area contributed by atoms with Crippen molar-refractivity contribution in [3.63, 3.8) is 0 Å². The monoisotopic (exact) mass is 219 g/mol. The first kappa shape index (κ1) is 11.1. The molecule has 4 nitrogen and oxygen atoms in total. The SMILES string of the molecule is CC(C)[N+](C)(C)Cn1nnc2ccccc21. The molecule has 0 unspecified atom stereocenters. The van der Waals surface area contributed by atoms with E-state index in [4.69, 9.17) is 0 Å². The van der Waals surface area contributed by atoms with E-state index in [9.17, 15) is 0 Å². The van der Waals surface area contributed by atoms with E-state index in [0.717, 1.165) is 22.2 Å². The molecule has 0 saturated heterocycles. The van der Waals surface area contributed by atoms with Crippen LogP contribution in [0.3, 0.4) is 0 Å². The quantitative estimate of drug-likeness (QED) is 0.738. The van der Waals surface area contributed by atoms with Crippen molar-refractivity contribution in [3.05, 3.63) is 24.3 Å². The molecule has 0 radical (unpaired) electrons. The summed E-state index contributed by atoms with van der Waals surface area (Å²) in [5.74, 6) is 0. The van der Waals surface area contributed by atoms with Gasteiger partial charge >= 0.3 is 0 Å². The summed E-state index contributed by atoms with van der Waals surface area (Å²) in [6.07, 6.45) is 0. The fourth-order valence-electron chi connectivity index (χ4n) is 1.53. The van der Waals surface area contributed by atoms with Crippen LogP contribution in [0, 0.1) is 0 Å². The molecule has 0 N–H and O–H groups in total. The van der Waals surface area contributed by atoms with Crippen molar-refractivity contribution in [2.45, 2.75) is 26.6 Å². The van der Waals surface area contributed by atoms with Crippen molar-refractivity contribution in [3.8, 4) is 0 Å². The second-order valence-electron chi connectivity index (χ2n) is 5.09. The van der Waals surface area contributed by atoms with E-state index in [1.807, 2.05) is 22.9 Å². The van der Waals surface area contributed by atoms with Crippen molar-refractivity contribution in [2.24, 2.45) is 0 Å². The van der Waals surface area contributed by atoms with Crippen LogP contribution in [-0.4, -0.2) is 39.6 Å². The molecule has 1 aromatic heterocycles. The molecule has 0 amide bonds. The van der Waals surface area contributed by atoms with E-state index in [1.54, 1.807) is 0 Å². The zero-order chi connectivity index (χ0) is 11.8. The van der Waals surface area contributed by atoms with Crippen molar-refractivity contribution in [2.75, 3.05) is 14.1 Å². The van der Waals surface area contributed by atoms with Crippen LogP contribution in [0.5, 0.6) is 0 Å². The van der Waals surface area contributed by atoms with E-state index in [-0.39, 0.29) is 0 Å². The molecule has 2 aromatic rings. The largest absolute Gasteiger partial charge is 0.308 e. The molecule has 0 saturated carbocycles. The first-order valence-electron chi connectivity index (χ1n) is 5.61. The topological polar surface area (TPSA) is 30.7 Å². The Hall–Kier alpha value is -1.42. The molecule has 86 valence electrons. The third kappa shape index (κ3) is 1.93. The van der Waals surface area contributed by atoms with E-state index < -0.39 is 0 Å². The maximum absolute atomic E-state index is 4.21. The van der Waals surface area contributed by atoms with Gasteiger partial charge in [-0.2, -0.15) is 4.68 Å². The Bertz CT molecular complexity index is 484. The third-order valence-electron chi connectivity index (χ3n) is 3.32. The molecular formula is C12H19N4+. The van der Waals surface area contributed by atoms with Gasteiger partial charge in [0.1, 0.15) is 5.52 Å². The third-order valence-corrected chi connectivity index (χ3v) is 3.32. The summed E-state index contributed by atoms with van der Waals surface area (Å²) in [5.41, 5.74) is 2.07. The van der Waals surface area contributed by atoms with Gasteiger partial charge in [-0.3, -0.25) is 0 Å². The Morgan fingerprint density at radius 1 is 1.25 bits per heavy atom. The zero-order valence-electron chi connectivity index (χ0n) is 10.4. The summed E-state index contributed by atoms with van der Waals surface area (Å²) < 4.78 is 2.88. The number of para-hydroxylation sites is 1. The Morgan fingerprint density at radius 2 is 1.94 bits per heavy atom. The lowest BCUT2D eigenvalue weighted by Gasteiger charge is -2.33. The minimum Gasteiger partial charge on any atom is -0.308 e. The smallest absolute Gasteiger partial charge is 0.176 e. The van der Waals surface area contributed by atoms with Crippen molar-refractivity contribution in [1.82, 2.24) is 15.0 Å². The van der Waals surface area contributed by atoms with Crippen LogP contribution in [0.1, 0.15) is 13.8 Å². The van der Waals surface area contributed by atoms with E-state index in [1.165, 1.54) is 0 Å². The lowest BCUT2D eigenvalue weighted by Crippen LogP contribution is -2.46. The van der Waals surface area contributed by atoms with Crippen LogP contribution in [0.15, 0.2) is 24.3 Å². The Balaban J connectivity index is 2.35. The minimum absolute atomic E-state index is 0.558. The molecule has 1 heterocycles. The van der Waals surface area contributed by atoms with Gasteiger partial charge in [0, 0.05) is 0 Å². The minimum atomic E-state index is 0.558. The molecule has 0 atom stereocenters. The molecule has 0 bridgehead atoms. The summed E-state index contributed by atoms with van der Waals surface area (Å²) >= 11 is 0. The predicted octanol–water partition coefficient (Wildman–Crippen LogP) is 1.87. The van der Waals surface area contributed by atoms with Crippen molar-refractivity contribution >= 4 is 11.0 Å². The fourth-order valence-corrected chi connectivity index (χ4v) is 1.53. The summed E-state index contributed by atoms with van der Waals surface area (Å²) in [5, 5.41) is 8.38. The molecule has 2 rings (SSSR count). The number of fused-ring (bicyclic) bond motifs is 1. The number of aromatic nitrogens is 3. The van der Waals surface area contributed by atoms with E-state index in [2.05, 4.69) is 44.3 Å². The van der Waals surface area contributed by atoms with Gasteiger partial charge in [-0.15, -0.1) is 5.10 Å². The second kappa shape index (κ2) is 3.87. The van der Waals surface area contributed by atoms with Gasteiger partial charge in [-0.05, 0) is 26.0 Å². The van der Waals surface area contributed by atoms with Crippen molar-refractivity contribution in [1.29, 1.82) is 0 Å². The number of hydrogen-bond donors (Lipinski definition) is 0. The fraction of sp³-hybridized carbons (Fsp3) is 0.500. The van der Waals surface area contributed by atoms with E-state index in [0.29, 0.717) is 6.04 Å². The van der Waals surface area contributed by atoms with Gasteiger partial charge in [0.2, 0.25) is 0 Å². The number of benzene rings is 1. The number of rotatable bonds is 3. The lowest BCUT2D eigenvalue weighted by molar-refractivity contribution is -0.932. The van der Waals surface area contributed by atoms with E-state index >= 15 is 0 Å². The summed E-state index contributed by atoms with van der Waals surface area (Å²) in [6, 6.07) is 8.63. The first-order chi connectivity index (χ1) is 7.50. The highest BCUT2D eigenvalue weighted by molar-refractivity contribution is 5.73. The molecule has 0 aliphatic carbocycles. The van der Waals surface area contributed by atoms with Crippen LogP contribution in [0.2, 0.25) is 0 Å². The average molecular weight is 219 g/mol. The Kier molecular flexibility index (Phi) is 2.68. The van der Waals surface area contributed by atoms with Crippen LogP contribution in [-0.2, 0) is 6.67 Å². The van der Waals surface area contributed by atoms with Gasteiger partial charge in [0.25, 0.3) is 0 Å². The maximum atomic E-state index is 4.21. The van der Waals surface area contributed by atoms with Crippen LogP contribution >= 0.6 is 0 Å². The molecule has 4 heteroatoms. The standard InChI is InChI=1S/C12H19N4/c1-10(2)16(3,4)9-15-12-8-6-5-7-11(12)13-14-15/h5-8,10H,9H2,1-4H3/q+1. The highest BCUT2D eigenvalue weighted by atomic mass is 15.5. The molecule has 1 aromatic carbocycles. The molecule has 0 aliphatic heterocycles. The van der Waals surface area contributed by atoms with Crippen molar-refractivity contribution < 1.29 is 4.48 Å². The van der Waals surface area contributed by atoms with Gasteiger partial charge in [0.05, 0.1) is 25.7 Å². The molecular weight excluding hydrogens is 200 g/mol. The number of nitrogens with zero attached hydrogens (tertiary/aromatic N) is 4. The maximum Gasteiger partial charge on any atom is 0.176 e. The molecule has 0 aliphatic rings. The molecule has 0 spiro atoms. The Morgan fingerprint density at radius 3 is 2.62 bits per heavy atom. The first-order valence-corrected chi connectivity index (χ1v) is 5.61. The summed E-state index contributed by atoms with van der Waals surface area (Å²) in [7, 11) is 4.42. The van der Waals surface area contributed by atoms with Gasteiger partial charge in [-0.25, -0.2) is 0 Å². The highest BCUT2D eigenvalue weighted by Crippen LogP contribution is 2.14. The van der Waals surface area contributed by atoms with Crippen LogP contribution in [0.4, 0.5) is 0 Å². The normalized spacial score (nSPS) is 12.6. The number of quaternary nitrogens is 1. The molecule has 16 heavy (non-hydrogen) atoms. The van der Waals surface area contributed by atoms with Gasteiger partial charge in [0.15, 0.2) is 6.67 Å². The molecule has 0 fully saturated rings. The predicted molar refractivity (Wildman–Crippen MR) is 64.8 cm³/mol. The highest BCUT2D eigenvalue weighted by Gasteiger charge is 2.21. The number of hydrogen-bond acceptors (Lipinski definition) is 2. The van der Waals surface area contributed by atoms with Gasteiger partial charge < -0.3 is 4.48 Å². The summed E-state index contributed by atoms with van der Waals surface area (Å²) in [4.78, 5) is 0. The van der Waals surface area contributed by atoms with Crippen LogP contribution < -0.4 is 0 Å². The van der Waals surface area contributed by atoms with Gasteiger partial charge in [-0.1, -0.05) is 17.3 Å². The van der Waals surface area contributed by atoms with Crippen LogP contribution in [0.25, 0.3) is 11.0 Å². The summed E-state index contributed by atoms with van der Waals surface area (Å²) in [6.45, 7) is 5.29. The second-order valence-corrected chi connectivity index (χ2v) is 5.09. The zero-order valence-corrected chi connectivity index (χ0v) is 10.4.